The minimum atomic E-state index is -1.24. The Morgan fingerprint density at radius 2 is 1.50 bits per heavy atom. The lowest BCUT2D eigenvalue weighted by molar-refractivity contribution is 1.23. The van der Waals surface area contributed by atoms with Gasteiger partial charge in [-0.1, -0.05) is 24.2 Å². The molecule has 0 N–H and O–H groups in total. The molecule has 0 atom stereocenters. The zero-order chi connectivity index (χ0) is 9.46. The fraction of sp³-hybridized carbons (Fsp3) is 0.333. The summed E-state index contributed by atoms with van der Waals surface area (Å²) in [5.41, 5.74) is 0. The van der Waals surface area contributed by atoms with E-state index < -0.39 is 12.8 Å². The molecule has 0 amide bonds. The Morgan fingerprint density at radius 3 is 1.83 bits per heavy atom. The average molecular weight is 86.2 g/mol. The maximum atomic E-state index is 7.22. The van der Waals surface area contributed by atoms with Gasteiger partial charge in [0.05, 0.1) is 5.48 Å². The van der Waals surface area contributed by atoms with Crippen LogP contribution in [-0.2, 0) is 0 Å². The van der Waals surface area contributed by atoms with Gasteiger partial charge in [-0.2, -0.15) is 0 Å². The van der Waals surface area contributed by atoms with Gasteiger partial charge >= 0.3 is 0 Å². The molecule has 0 nitrogen and oxygen atoms in total. The maximum absolute atomic E-state index is 7.22. The van der Waals surface area contributed by atoms with Crippen molar-refractivity contribution >= 4 is 0 Å². The number of rotatable bonds is 0. The van der Waals surface area contributed by atoms with Crippen molar-refractivity contribution < 1.29 is 8.22 Å². The first kappa shape index (κ1) is 0.835. The van der Waals surface area contributed by atoms with Crippen LogP contribution >= 0.6 is 0 Å². The van der Waals surface area contributed by atoms with Gasteiger partial charge in [-0.25, -0.2) is 0 Å². The molecule has 0 spiro atoms. The van der Waals surface area contributed by atoms with Crippen molar-refractivity contribution in [3.05, 3.63) is 24.2 Å². The average Bonchev–Trinajstić information content (AvgIpc) is 2.08. The van der Waals surface area contributed by atoms with E-state index in [1.165, 1.54) is 0 Å². The molecule has 6 heavy (non-hydrogen) atoms. The van der Waals surface area contributed by atoms with Crippen molar-refractivity contribution in [3.8, 4) is 0 Å². The molecule has 1 aliphatic rings. The largest absolute Gasteiger partial charge is 0.0844 e. The van der Waals surface area contributed by atoms with Gasteiger partial charge in [-0.15, -0.1) is 0 Å². The summed E-state index contributed by atoms with van der Waals surface area (Å²) in [5.74, 6) is 0. The Kier molecular flexibility index (Phi) is 0.251. The van der Waals surface area contributed by atoms with Crippen LogP contribution in [0.3, 0.4) is 0 Å². The van der Waals surface area contributed by atoms with Crippen molar-refractivity contribution in [2.75, 3.05) is 0 Å². The number of allylic oxidation sites excluding steroid dienone is 4. The first-order valence-corrected chi connectivity index (χ1v) is 1.65. The van der Waals surface area contributed by atoms with Crippen LogP contribution in [0.25, 0.3) is 0 Å². The second kappa shape index (κ2) is 1.81. The van der Waals surface area contributed by atoms with Crippen molar-refractivity contribution in [3.63, 3.8) is 0 Å². The number of hydrogen-bond acceptors (Lipinski definition) is 0. The predicted molar refractivity (Wildman–Crippen MR) is 27.5 cm³/mol. The van der Waals surface area contributed by atoms with E-state index in [1.807, 2.05) is 0 Å². The molecule has 1 aliphatic carbocycles. The molecule has 0 fully saturated rings. The smallest absolute Gasteiger partial charge is 0.0576 e. The third kappa shape index (κ3) is 0.713. The van der Waals surface area contributed by atoms with Crippen molar-refractivity contribution in [2.45, 2.75) is 12.8 Å². The second-order valence-corrected chi connectivity index (χ2v) is 0.866. The van der Waals surface area contributed by atoms with Gasteiger partial charge in [0.1, 0.15) is 0 Å². The Morgan fingerprint density at radius 1 is 1.17 bits per heavy atom. The fourth-order valence-corrected chi connectivity index (χ4v) is 0.239. The van der Waals surface area contributed by atoms with Gasteiger partial charge in [-0.3, -0.25) is 0 Å². The van der Waals surface area contributed by atoms with Crippen molar-refractivity contribution in [1.29, 1.82) is 0 Å². The van der Waals surface area contributed by atoms with Gasteiger partial charge < -0.3 is 0 Å². The molecule has 0 heterocycles. The zero-order valence-corrected chi connectivity index (χ0v) is 3.15. The highest BCUT2D eigenvalue weighted by Gasteiger charge is 1.76. The second-order valence-electron chi connectivity index (χ2n) is 0.866. The lowest BCUT2D eigenvalue weighted by atomic mass is 10.2. The minimum Gasteiger partial charge on any atom is -0.0844 e. The first-order chi connectivity index (χ1) is 5.46. The van der Waals surface area contributed by atoms with Gasteiger partial charge in [-0.05, 0) is 12.8 Å². The summed E-state index contributed by atoms with van der Waals surface area (Å²) in [4.78, 5) is 0. The molecule has 32 valence electrons. The first-order valence-electron chi connectivity index (χ1n) is 4.81. The van der Waals surface area contributed by atoms with Crippen LogP contribution in [0.5, 0.6) is 0 Å². The van der Waals surface area contributed by atoms with Crippen LogP contribution in [0, 0.1) is 0 Å². The Bertz CT molecular complexity index is 213. The van der Waals surface area contributed by atoms with E-state index in [1.54, 1.807) is 0 Å². The highest BCUT2D eigenvalue weighted by atomic mass is 13.8. The molecule has 0 aromatic heterocycles. The highest BCUT2D eigenvalue weighted by molar-refractivity contribution is 5.02. The van der Waals surface area contributed by atoms with E-state index in [4.69, 9.17) is 8.22 Å². The molecule has 1 rings (SSSR count). The fourth-order valence-electron chi connectivity index (χ4n) is 0.239. The summed E-state index contributed by atoms with van der Waals surface area (Å²) in [5, 5.41) is 0. The van der Waals surface area contributed by atoms with Gasteiger partial charge in [0.2, 0.25) is 0 Å². The summed E-state index contributed by atoms with van der Waals surface area (Å²) < 4.78 is 43.2. The third-order valence-electron chi connectivity index (χ3n) is 0.455. The SMILES string of the molecule is [2H]C1=C([2H])C([2H])C([2H])=C([2H])C1[2H]. The van der Waals surface area contributed by atoms with Gasteiger partial charge in [0.15, 0.2) is 0 Å². The lowest BCUT2D eigenvalue weighted by Gasteiger charge is -1.87. The van der Waals surface area contributed by atoms with E-state index in [2.05, 4.69) is 0 Å². The van der Waals surface area contributed by atoms with E-state index in [9.17, 15) is 0 Å². The van der Waals surface area contributed by atoms with Crippen molar-refractivity contribution in [1.82, 2.24) is 0 Å². The molecule has 0 aromatic carbocycles. The predicted octanol–water partition coefficient (Wildman–Crippen LogP) is 1.89. The highest BCUT2D eigenvalue weighted by Crippen LogP contribution is 1.97. The van der Waals surface area contributed by atoms with E-state index in [-0.39, 0.29) is 24.2 Å². The molecule has 0 heteroatoms. The standard InChI is InChI=1S/C6H8/c1-2-4-6-5-3-1/h1-2,5-6H,3-4H2/i1D,2D,3D,4D,5D,6D. The summed E-state index contributed by atoms with van der Waals surface area (Å²) in [6, 6.07) is -1.35. The van der Waals surface area contributed by atoms with Gasteiger partial charge in [0.25, 0.3) is 0 Å². The molecule has 0 aromatic rings. The molecule has 0 saturated carbocycles. The van der Waals surface area contributed by atoms with Gasteiger partial charge in [0, 0.05) is 2.74 Å². The molecular formula is C6H8. The zero-order valence-electron chi connectivity index (χ0n) is 9.15. The Balaban J connectivity index is 3.13. The monoisotopic (exact) mass is 86.1 g/mol. The van der Waals surface area contributed by atoms with Crippen LogP contribution in [0.4, 0.5) is 0 Å². The van der Waals surface area contributed by atoms with E-state index in [0.29, 0.717) is 0 Å². The molecule has 0 aliphatic heterocycles. The third-order valence-corrected chi connectivity index (χ3v) is 0.455. The maximum Gasteiger partial charge on any atom is 0.0576 e. The summed E-state index contributed by atoms with van der Waals surface area (Å²) in [7, 11) is 0. The van der Waals surface area contributed by atoms with Crippen LogP contribution in [0.1, 0.15) is 21.0 Å². The Hall–Kier alpha value is -0.520. The molecule has 0 bridgehead atoms. The summed E-state index contributed by atoms with van der Waals surface area (Å²) in [6.45, 7) is 0. The summed E-state index contributed by atoms with van der Waals surface area (Å²) >= 11 is 0. The molecular weight excluding hydrogens is 72.1 g/mol. The van der Waals surface area contributed by atoms with E-state index >= 15 is 0 Å². The topological polar surface area (TPSA) is 0 Å². The van der Waals surface area contributed by atoms with Crippen LogP contribution in [0.15, 0.2) is 24.2 Å². The summed E-state index contributed by atoms with van der Waals surface area (Å²) in [6.07, 6.45) is -2.49. The van der Waals surface area contributed by atoms with Crippen LogP contribution in [-0.4, -0.2) is 0 Å². The normalized spacial score (nSPS) is 64.0. The lowest BCUT2D eigenvalue weighted by Crippen LogP contribution is -1.66. The Labute approximate surface area is 46.6 Å². The molecule has 0 saturated heterocycles. The quantitative estimate of drug-likeness (QED) is 0.395. The number of hydrogen-bond donors (Lipinski definition) is 0. The van der Waals surface area contributed by atoms with Crippen molar-refractivity contribution in [2.24, 2.45) is 0 Å². The minimum absolute atomic E-state index is 0.337. The van der Waals surface area contributed by atoms with E-state index in [0.717, 1.165) is 0 Å². The molecule has 0 unspecified atom stereocenters. The van der Waals surface area contributed by atoms with Crippen LogP contribution in [0.2, 0.25) is 0 Å². The van der Waals surface area contributed by atoms with Crippen LogP contribution < -0.4 is 0 Å². The molecule has 0 radical (unpaired) electrons.